The third-order valence-electron chi connectivity index (χ3n) is 2.61. The number of carbonyl (C=O) groups is 2. The number of ether oxygens (including phenoxy) is 4. The maximum Gasteiger partial charge on any atom is 0.324 e. The molecule has 0 spiro atoms. The first-order chi connectivity index (χ1) is 9.08. The summed E-state index contributed by atoms with van der Waals surface area (Å²) in [6.07, 6.45) is 0. The number of hydrogen-bond acceptors (Lipinski definition) is 6. The van der Waals surface area contributed by atoms with Crippen molar-refractivity contribution in [2.45, 2.75) is 5.92 Å². The van der Waals surface area contributed by atoms with Crippen LogP contribution in [0.3, 0.4) is 0 Å². The summed E-state index contributed by atoms with van der Waals surface area (Å²) < 4.78 is 19.4. The lowest BCUT2D eigenvalue weighted by molar-refractivity contribution is -0.154. The van der Waals surface area contributed by atoms with Gasteiger partial charge in [0.1, 0.15) is 0 Å². The van der Waals surface area contributed by atoms with Crippen molar-refractivity contribution in [2.75, 3.05) is 28.4 Å². The van der Waals surface area contributed by atoms with Crippen LogP contribution in [0.2, 0.25) is 0 Å². The first-order valence-corrected chi connectivity index (χ1v) is 5.46. The van der Waals surface area contributed by atoms with Crippen LogP contribution in [0.15, 0.2) is 18.2 Å². The van der Waals surface area contributed by atoms with E-state index in [1.807, 2.05) is 0 Å². The van der Waals surface area contributed by atoms with Gasteiger partial charge in [-0.15, -0.1) is 0 Å². The van der Waals surface area contributed by atoms with E-state index < -0.39 is 17.9 Å². The number of benzene rings is 1. The van der Waals surface area contributed by atoms with Crippen molar-refractivity contribution >= 4 is 11.9 Å². The first-order valence-electron chi connectivity index (χ1n) is 5.46. The van der Waals surface area contributed by atoms with Crippen LogP contribution in [0.4, 0.5) is 0 Å². The highest BCUT2D eigenvalue weighted by Gasteiger charge is 2.31. The molecule has 0 heterocycles. The molecule has 0 aliphatic rings. The maximum absolute atomic E-state index is 11.7. The molecular formula is C13H16O6. The van der Waals surface area contributed by atoms with Crippen LogP contribution in [0, 0.1) is 0 Å². The smallest absolute Gasteiger partial charge is 0.324 e. The zero-order chi connectivity index (χ0) is 14.4. The van der Waals surface area contributed by atoms with Crippen molar-refractivity contribution in [3.8, 4) is 11.5 Å². The van der Waals surface area contributed by atoms with Crippen LogP contribution in [-0.4, -0.2) is 40.4 Å². The van der Waals surface area contributed by atoms with Gasteiger partial charge in [0.15, 0.2) is 17.4 Å². The first kappa shape index (κ1) is 14.8. The number of hydrogen-bond donors (Lipinski definition) is 0. The lowest BCUT2D eigenvalue weighted by atomic mass is 9.99. The van der Waals surface area contributed by atoms with Gasteiger partial charge in [-0.05, 0) is 17.7 Å². The lowest BCUT2D eigenvalue weighted by Crippen LogP contribution is -2.24. The standard InChI is InChI=1S/C13H16O6/c1-16-9-6-5-8(7-10(9)17-2)11(12(14)18-3)13(15)19-4/h5-7,11H,1-4H3. The summed E-state index contributed by atoms with van der Waals surface area (Å²) in [6.45, 7) is 0. The predicted molar refractivity (Wildman–Crippen MR) is 66.3 cm³/mol. The van der Waals surface area contributed by atoms with Crippen LogP contribution in [-0.2, 0) is 19.1 Å². The minimum atomic E-state index is -1.14. The van der Waals surface area contributed by atoms with Crippen molar-refractivity contribution in [3.63, 3.8) is 0 Å². The molecule has 0 aliphatic heterocycles. The Morgan fingerprint density at radius 3 is 1.84 bits per heavy atom. The number of carbonyl (C=O) groups excluding carboxylic acids is 2. The van der Waals surface area contributed by atoms with E-state index in [1.54, 1.807) is 12.1 Å². The number of rotatable bonds is 5. The second-order valence-electron chi connectivity index (χ2n) is 3.59. The minimum absolute atomic E-state index is 0.413. The summed E-state index contributed by atoms with van der Waals surface area (Å²) in [5, 5.41) is 0. The third kappa shape index (κ3) is 3.15. The number of esters is 2. The van der Waals surface area contributed by atoms with E-state index in [2.05, 4.69) is 9.47 Å². The van der Waals surface area contributed by atoms with Gasteiger partial charge in [0, 0.05) is 0 Å². The summed E-state index contributed by atoms with van der Waals surface area (Å²) in [7, 11) is 5.38. The molecule has 104 valence electrons. The average molecular weight is 268 g/mol. The van der Waals surface area contributed by atoms with Crippen LogP contribution >= 0.6 is 0 Å². The highest BCUT2D eigenvalue weighted by atomic mass is 16.5. The molecule has 0 bridgehead atoms. The SMILES string of the molecule is COC(=O)C(C(=O)OC)c1ccc(OC)c(OC)c1. The third-order valence-corrected chi connectivity index (χ3v) is 2.61. The Hall–Kier alpha value is -2.24. The van der Waals surface area contributed by atoms with Crippen molar-refractivity contribution in [2.24, 2.45) is 0 Å². The molecule has 0 fully saturated rings. The van der Waals surface area contributed by atoms with Crippen LogP contribution in [0.1, 0.15) is 11.5 Å². The fourth-order valence-electron chi connectivity index (χ4n) is 1.64. The van der Waals surface area contributed by atoms with Gasteiger partial charge in [0.25, 0.3) is 0 Å². The summed E-state index contributed by atoms with van der Waals surface area (Å²) in [4.78, 5) is 23.3. The molecule has 0 amide bonds. The quantitative estimate of drug-likeness (QED) is 0.589. The molecule has 0 radical (unpaired) electrons. The highest BCUT2D eigenvalue weighted by Crippen LogP contribution is 2.31. The van der Waals surface area contributed by atoms with E-state index in [9.17, 15) is 9.59 Å². The van der Waals surface area contributed by atoms with E-state index in [4.69, 9.17) is 9.47 Å². The molecule has 0 aliphatic carbocycles. The minimum Gasteiger partial charge on any atom is -0.493 e. The predicted octanol–water partition coefficient (Wildman–Crippen LogP) is 1.13. The zero-order valence-electron chi connectivity index (χ0n) is 11.3. The van der Waals surface area contributed by atoms with Gasteiger partial charge in [0.05, 0.1) is 28.4 Å². The number of methoxy groups -OCH3 is 4. The normalized spacial score (nSPS) is 9.95. The van der Waals surface area contributed by atoms with Crippen molar-refractivity contribution in [1.29, 1.82) is 0 Å². The van der Waals surface area contributed by atoms with Gasteiger partial charge >= 0.3 is 11.9 Å². The summed E-state index contributed by atoms with van der Waals surface area (Å²) in [6, 6.07) is 4.73. The van der Waals surface area contributed by atoms with Crippen molar-refractivity contribution in [1.82, 2.24) is 0 Å². The molecule has 0 saturated carbocycles. The van der Waals surface area contributed by atoms with Crippen LogP contribution in [0.5, 0.6) is 11.5 Å². The Labute approximate surface area is 111 Å². The monoisotopic (exact) mass is 268 g/mol. The highest BCUT2D eigenvalue weighted by molar-refractivity contribution is 6.00. The Morgan fingerprint density at radius 1 is 0.895 bits per heavy atom. The zero-order valence-corrected chi connectivity index (χ0v) is 11.3. The van der Waals surface area contributed by atoms with Gasteiger partial charge in [-0.2, -0.15) is 0 Å². The van der Waals surface area contributed by atoms with E-state index >= 15 is 0 Å². The molecule has 1 rings (SSSR count). The average Bonchev–Trinajstić information content (AvgIpc) is 2.46. The van der Waals surface area contributed by atoms with Gasteiger partial charge in [-0.25, -0.2) is 0 Å². The van der Waals surface area contributed by atoms with Crippen LogP contribution in [0.25, 0.3) is 0 Å². The molecule has 0 N–H and O–H groups in total. The Kier molecular flexibility index (Phi) is 5.17. The largest absolute Gasteiger partial charge is 0.493 e. The van der Waals surface area contributed by atoms with E-state index in [0.29, 0.717) is 17.1 Å². The summed E-state index contributed by atoms with van der Waals surface area (Å²) in [5.41, 5.74) is 0.413. The Morgan fingerprint density at radius 2 is 1.42 bits per heavy atom. The molecule has 1 aromatic rings. The Bertz CT molecular complexity index is 452. The van der Waals surface area contributed by atoms with Crippen LogP contribution < -0.4 is 9.47 Å². The van der Waals surface area contributed by atoms with E-state index in [1.165, 1.54) is 34.5 Å². The molecule has 0 unspecified atom stereocenters. The Balaban J connectivity index is 3.23. The van der Waals surface area contributed by atoms with E-state index in [0.717, 1.165) is 0 Å². The molecule has 0 saturated heterocycles. The van der Waals surface area contributed by atoms with Gasteiger partial charge in [-0.3, -0.25) is 9.59 Å². The van der Waals surface area contributed by atoms with Gasteiger partial charge in [-0.1, -0.05) is 6.07 Å². The van der Waals surface area contributed by atoms with Gasteiger partial charge in [0.2, 0.25) is 0 Å². The molecule has 0 atom stereocenters. The summed E-state index contributed by atoms with van der Waals surface area (Å²) in [5.74, 6) is -1.62. The second kappa shape index (κ2) is 6.63. The van der Waals surface area contributed by atoms with Crippen molar-refractivity contribution in [3.05, 3.63) is 23.8 Å². The van der Waals surface area contributed by atoms with Crippen molar-refractivity contribution < 1.29 is 28.5 Å². The topological polar surface area (TPSA) is 71.1 Å². The van der Waals surface area contributed by atoms with Gasteiger partial charge < -0.3 is 18.9 Å². The summed E-state index contributed by atoms with van der Waals surface area (Å²) >= 11 is 0. The molecule has 19 heavy (non-hydrogen) atoms. The molecule has 0 aromatic heterocycles. The maximum atomic E-state index is 11.7. The second-order valence-corrected chi connectivity index (χ2v) is 3.59. The fourth-order valence-corrected chi connectivity index (χ4v) is 1.64. The molecular weight excluding hydrogens is 252 g/mol. The molecule has 1 aromatic carbocycles. The molecule has 6 heteroatoms. The fraction of sp³-hybridized carbons (Fsp3) is 0.385. The molecule has 6 nitrogen and oxygen atoms in total. The van der Waals surface area contributed by atoms with E-state index in [-0.39, 0.29) is 0 Å². The lowest BCUT2D eigenvalue weighted by Gasteiger charge is -2.15.